The van der Waals surface area contributed by atoms with Crippen LogP contribution in [-0.4, -0.2) is 25.4 Å². The standard InChI is InChI=1S/C13H19N3O4S/c1-3-8-14-11-9-10(16(17)18)4-5-12(11)21(19,20)15-13(2)6-7-13/h4-5,9,14-15H,3,6-8H2,1-2H3. The number of hydrogen-bond donors (Lipinski definition) is 2. The van der Waals surface area contributed by atoms with E-state index in [-0.39, 0.29) is 21.8 Å². The van der Waals surface area contributed by atoms with Crippen molar-refractivity contribution >= 4 is 21.4 Å². The minimum absolute atomic E-state index is 0.0506. The molecule has 0 amide bonds. The van der Waals surface area contributed by atoms with E-state index in [9.17, 15) is 18.5 Å². The maximum atomic E-state index is 12.4. The molecule has 0 radical (unpaired) electrons. The second-order valence-corrected chi connectivity index (χ2v) is 7.18. The molecule has 7 nitrogen and oxygen atoms in total. The van der Waals surface area contributed by atoms with E-state index in [1.165, 1.54) is 18.2 Å². The highest BCUT2D eigenvalue weighted by Gasteiger charge is 2.41. The van der Waals surface area contributed by atoms with Crippen molar-refractivity contribution in [2.24, 2.45) is 0 Å². The zero-order valence-corrected chi connectivity index (χ0v) is 12.9. The molecule has 1 aromatic carbocycles. The Kier molecular flexibility index (Phi) is 4.20. The van der Waals surface area contributed by atoms with Gasteiger partial charge in [0.1, 0.15) is 4.90 Å². The lowest BCUT2D eigenvalue weighted by Gasteiger charge is -2.16. The summed E-state index contributed by atoms with van der Waals surface area (Å²) in [5, 5.41) is 13.8. The Morgan fingerprint density at radius 1 is 1.38 bits per heavy atom. The molecule has 1 saturated carbocycles. The largest absolute Gasteiger partial charge is 0.384 e. The second-order valence-electron chi connectivity index (χ2n) is 5.53. The average Bonchev–Trinajstić information content (AvgIpc) is 3.12. The Hall–Kier alpha value is -1.67. The first-order valence-electron chi connectivity index (χ1n) is 6.84. The highest BCUT2D eigenvalue weighted by Crippen LogP contribution is 2.37. The first kappa shape index (κ1) is 15.7. The molecule has 1 aliphatic carbocycles. The lowest BCUT2D eigenvalue weighted by molar-refractivity contribution is -0.384. The zero-order chi connectivity index (χ0) is 15.7. The van der Waals surface area contributed by atoms with Crippen molar-refractivity contribution in [1.29, 1.82) is 0 Å². The van der Waals surface area contributed by atoms with Crippen LogP contribution in [0.3, 0.4) is 0 Å². The van der Waals surface area contributed by atoms with Crippen molar-refractivity contribution in [3.8, 4) is 0 Å². The maximum Gasteiger partial charge on any atom is 0.271 e. The molecule has 0 aromatic heterocycles. The van der Waals surface area contributed by atoms with Crippen molar-refractivity contribution < 1.29 is 13.3 Å². The van der Waals surface area contributed by atoms with Crippen LogP contribution in [0.15, 0.2) is 23.1 Å². The number of non-ortho nitro benzene ring substituents is 1. The number of anilines is 1. The summed E-state index contributed by atoms with van der Waals surface area (Å²) in [6.07, 6.45) is 2.39. The Balaban J connectivity index is 2.38. The molecule has 0 atom stereocenters. The Labute approximate surface area is 123 Å². The molecule has 0 aliphatic heterocycles. The normalized spacial score (nSPS) is 16.5. The van der Waals surface area contributed by atoms with E-state index in [4.69, 9.17) is 0 Å². The van der Waals surface area contributed by atoms with E-state index >= 15 is 0 Å². The molecule has 8 heteroatoms. The molecule has 2 N–H and O–H groups in total. The van der Waals surface area contributed by atoms with Crippen molar-refractivity contribution in [3.05, 3.63) is 28.3 Å². The van der Waals surface area contributed by atoms with Crippen LogP contribution < -0.4 is 10.0 Å². The van der Waals surface area contributed by atoms with Gasteiger partial charge in [0.05, 0.1) is 10.6 Å². The van der Waals surface area contributed by atoms with Gasteiger partial charge in [-0.05, 0) is 32.3 Å². The monoisotopic (exact) mass is 313 g/mol. The summed E-state index contributed by atoms with van der Waals surface area (Å²) in [5.41, 5.74) is -0.254. The topological polar surface area (TPSA) is 101 Å². The third kappa shape index (κ3) is 3.70. The number of sulfonamides is 1. The van der Waals surface area contributed by atoms with Gasteiger partial charge in [0.2, 0.25) is 10.0 Å². The molecule has 21 heavy (non-hydrogen) atoms. The number of nitro groups is 1. The Bertz CT molecular complexity index is 653. The van der Waals surface area contributed by atoms with Crippen LogP contribution in [0.2, 0.25) is 0 Å². The van der Waals surface area contributed by atoms with E-state index in [1.807, 2.05) is 13.8 Å². The van der Waals surface area contributed by atoms with E-state index in [0.717, 1.165) is 19.3 Å². The Morgan fingerprint density at radius 3 is 2.57 bits per heavy atom. The first-order chi connectivity index (χ1) is 9.77. The summed E-state index contributed by atoms with van der Waals surface area (Å²) in [6.45, 7) is 4.32. The van der Waals surface area contributed by atoms with E-state index in [1.54, 1.807) is 0 Å². The first-order valence-corrected chi connectivity index (χ1v) is 8.32. The summed E-state index contributed by atoms with van der Waals surface area (Å²) < 4.78 is 27.5. The fourth-order valence-electron chi connectivity index (χ4n) is 1.93. The lowest BCUT2D eigenvalue weighted by atomic mass is 10.2. The van der Waals surface area contributed by atoms with E-state index < -0.39 is 14.9 Å². The third-order valence-electron chi connectivity index (χ3n) is 3.41. The van der Waals surface area contributed by atoms with E-state index in [2.05, 4.69) is 10.0 Å². The minimum Gasteiger partial charge on any atom is -0.384 e. The van der Waals surface area contributed by atoms with Gasteiger partial charge in [0.15, 0.2) is 0 Å². The van der Waals surface area contributed by atoms with Crippen LogP contribution in [0.1, 0.15) is 33.1 Å². The van der Waals surface area contributed by atoms with Gasteiger partial charge < -0.3 is 5.32 Å². The number of nitro benzene ring substituents is 1. The molecule has 0 bridgehead atoms. The highest BCUT2D eigenvalue weighted by atomic mass is 32.2. The fraction of sp³-hybridized carbons (Fsp3) is 0.538. The summed E-state index contributed by atoms with van der Waals surface area (Å²) in [5.74, 6) is 0. The number of nitrogens with zero attached hydrogens (tertiary/aromatic N) is 1. The molecule has 0 saturated heterocycles. The highest BCUT2D eigenvalue weighted by molar-refractivity contribution is 7.89. The molecular weight excluding hydrogens is 294 g/mol. The average molecular weight is 313 g/mol. The predicted molar refractivity (Wildman–Crippen MR) is 79.8 cm³/mol. The van der Waals surface area contributed by atoms with Gasteiger partial charge in [-0.3, -0.25) is 10.1 Å². The van der Waals surface area contributed by atoms with Crippen LogP contribution in [0.25, 0.3) is 0 Å². The van der Waals surface area contributed by atoms with Crippen LogP contribution in [0.5, 0.6) is 0 Å². The quantitative estimate of drug-likeness (QED) is 0.594. The van der Waals surface area contributed by atoms with Gasteiger partial charge in [-0.25, -0.2) is 13.1 Å². The number of rotatable bonds is 7. The third-order valence-corrected chi connectivity index (χ3v) is 5.11. The van der Waals surface area contributed by atoms with Crippen LogP contribution >= 0.6 is 0 Å². The van der Waals surface area contributed by atoms with Crippen molar-refractivity contribution in [3.63, 3.8) is 0 Å². The summed E-state index contributed by atoms with van der Waals surface area (Å²) in [4.78, 5) is 10.4. The molecule has 1 aliphatic rings. The minimum atomic E-state index is -3.69. The molecule has 1 fully saturated rings. The van der Waals surface area contributed by atoms with Crippen LogP contribution in [0, 0.1) is 10.1 Å². The summed E-state index contributed by atoms with van der Waals surface area (Å²) >= 11 is 0. The molecule has 0 unspecified atom stereocenters. The van der Waals surface area contributed by atoms with Gasteiger partial charge in [0, 0.05) is 24.2 Å². The molecule has 1 aromatic rings. The van der Waals surface area contributed by atoms with Gasteiger partial charge >= 0.3 is 0 Å². The van der Waals surface area contributed by atoms with Crippen molar-refractivity contribution in [2.45, 2.75) is 43.5 Å². The molecule has 116 valence electrons. The van der Waals surface area contributed by atoms with Crippen LogP contribution in [0.4, 0.5) is 11.4 Å². The fourth-order valence-corrected chi connectivity index (χ4v) is 3.56. The van der Waals surface area contributed by atoms with Crippen LogP contribution in [-0.2, 0) is 10.0 Å². The number of nitrogens with one attached hydrogen (secondary N) is 2. The lowest BCUT2D eigenvalue weighted by Crippen LogP contribution is -2.34. The molecular formula is C13H19N3O4S. The maximum absolute atomic E-state index is 12.4. The molecule has 2 rings (SSSR count). The van der Waals surface area contributed by atoms with Gasteiger partial charge in [-0.1, -0.05) is 6.92 Å². The number of hydrogen-bond acceptors (Lipinski definition) is 5. The SMILES string of the molecule is CCCNc1cc([N+](=O)[O-])ccc1S(=O)(=O)NC1(C)CC1. The van der Waals surface area contributed by atoms with E-state index in [0.29, 0.717) is 6.54 Å². The zero-order valence-electron chi connectivity index (χ0n) is 12.0. The Morgan fingerprint density at radius 2 is 2.05 bits per heavy atom. The second kappa shape index (κ2) is 5.61. The van der Waals surface area contributed by atoms with Crippen molar-refractivity contribution in [1.82, 2.24) is 4.72 Å². The summed E-state index contributed by atoms with van der Waals surface area (Å²) in [6, 6.07) is 3.75. The smallest absolute Gasteiger partial charge is 0.271 e. The summed E-state index contributed by atoms with van der Waals surface area (Å²) in [7, 11) is -3.69. The van der Waals surface area contributed by atoms with Gasteiger partial charge in [-0.15, -0.1) is 0 Å². The number of benzene rings is 1. The predicted octanol–water partition coefficient (Wildman–Crippen LogP) is 2.25. The van der Waals surface area contributed by atoms with Crippen molar-refractivity contribution in [2.75, 3.05) is 11.9 Å². The van der Waals surface area contributed by atoms with Gasteiger partial charge in [0.25, 0.3) is 5.69 Å². The molecule has 0 heterocycles. The van der Waals surface area contributed by atoms with Gasteiger partial charge in [-0.2, -0.15) is 0 Å². The molecule has 0 spiro atoms.